The number of nitrogens with one attached hydrogen (secondary N) is 3. The van der Waals surface area contributed by atoms with Crippen LogP contribution in [0.5, 0.6) is 0 Å². The van der Waals surface area contributed by atoms with Crippen LogP contribution in [0, 0.1) is 0 Å². The number of hydrogen-bond acceptors (Lipinski definition) is 5. The van der Waals surface area contributed by atoms with E-state index in [1.807, 2.05) is 4.68 Å². The minimum atomic E-state index is -4.49. The lowest BCUT2D eigenvalue weighted by atomic mass is 10.2. The number of H-pyrrole nitrogens is 1. The van der Waals surface area contributed by atoms with Crippen molar-refractivity contribution < 1.29 is 22.8 Å². The van der Waals surface area contributed by atoms with E-state index in [0.717, 1.165) is 43.4 Å². The molecule has 0 fully saturated rings. The number of hydrogen-bond donors (Lipinski definition) is 3. The molecule has 0 saturated carbocycles. The molecular weight excluding hydrogens is 427 g/mol. The monoisotopic (exact) mass is 449 g/mol. The molecule has 0 atom stereocenters. The fraction of sp³-hybridized carbons (Fsp3) is 0.350. The van der Waals surface area contributed by atoms with Gasteiger partial charge in [0.2, 0.25) is 5.91 Å². The van der Waals surface area contributed by atoms with Crippen LogP contribution in [0.1, 0.15) is 40.3 Å². The number of aromatic nitrogens is 5. The highest BCUT2D eigenvalue weighted by atomic mass is 19.4. The van der Waals surface area contributed by atoms with Crippen LogP contribution in [-0.4, -0.2) is 43.8 Å². The average Bonchev–Trinajstić information content (AvgIpc) is 2.72. The first-order chi connectivity index (χ1) is 15.2. The number of anilines is 1. The van der Waals surface area contributed by atoms with Crippen molar-refractivity contribution in [2.45, 2.75) is 38.4 Å². The number of aryl methyl sites for hydroxylation is 2. The largest absolute Gasteiger partial charge is 0.416 e. The number of halogens is 3. The molecule has 2 amide bonds. The normalized spacial score (nSPS) is 11.4. The summed E-state index contributed by atoms with van der Waals surface area (Å²) in [5, 5.41) is 16.0. The Morgan fingerprint density at radius 2 is 1.91 bits per heavy atom. The van der Waals surface area contributed by atoms with Gasteiger partial charge in [-0.2, -0.15) is 18.3 Å². The molecule has 0 aliphatic heterocycles. The zero-order chi connectivity index (χ0) is 23.1. The van der Waals surface area contributed by atoms with E-state index < -0.39 is 17.6 Å². The molecule has 0 aliphatic carbocycles. The van der Waals surface area contributed by atoms with Gasteiger partial charge in [-0.25, -0.2) is 0 Å². The lowest BCUT2D eigenvalue weighted by Crippen LogP contribution is -2.25. The van der Waals surface area contributed by atoms with E-state index in [1.54, 1.807) is 25.4 Å². The first-order valence-electron chi connectivity index (χ1n) is 9.86. The predicted molar refractivity (Wildman–Crippen MR) is 109 cm³/mol. The summed E-state index contributed by atoms with van der Waals surface area (Å²) in [6.45, 7) is 0.742. The number of carbonyl (C=O) groups is 2. The Morgan fingerprint density at radius 1 is 1.12 bits per heavy atom. The summed E-state index contributed by atoms with van der Waals surface area (Å²) in [4.78, 5) is 27.2. The molecule has 0 bridgehead atoms. The number of unbranched alkanes of at least 4 members (excludes halogenated alkanes) is 1. The van der Waals surface area contributed by atoms with Crippen molar-refractivity contribution >= 4 is 17.6 Å². The molecule has 170 valence electrons. The Hall–Kier alpha value is -3.70. The Bertz CT molecular complexity index is 1050. The molecule has 0 unspecified atom stereocenters. The Labute approximate surface area is 181 Å². The summed E-state index contributed by atoms with van der Waals surface area (Å²) in [6, 6.07) is 5.02. The summed E-state index contributed by atoms with van der Waals surface area (Å²) >= 11 is 0. The van der Waals surface area contributed by atoms with E-state index in [0.29, 0.717) is 12.1 Å². The van der Waals surface area contributed by atoms with Gasteiger partial charge in [0.25, 0.3) is 5.91 Å². The summed E-state index contributed by atoms with van der Waals surface area (Å²) < 4.78 is 40.1. The number of alkyl halides is 3. The van der Waals surface area contributed by atoms with E-state index in [-0.39, 0.29) is 23.8 Å². The minimum Gasteiger partial charge on any atom is -0.354 e. The Morgan fingerprint density at radius 3 is 2.56 bits per heavy atom. The van der Waals surface area contributed by atoms with Crippen molar-refractivity contribution in [3.63, 3.8) is 0 Å². The van der Waals surface area contributed by atoms with Gasteiger partial charge in [-0.15, -0.1) is 5.10 Å². The third-order valence-corrected chi connectivity index (χ3v) is 4.58. The average molecular weight is 449 g/mol. The molecule has 0 aromatic carbocycles. The SMILES string of the molecule is CNC(=O)c1cn(CCCCc2ccc(NC(=O)Cc3cc(C(F)(F)F)ccn3)nn2)[nH]1. The van der Waals surface area contributed by atoms with Crippen LogP contribution >= 0.6 is 0 Å². The van der Waals surface area contributed by atoms with Crippen molar-refractivity contribution in [2.24, 2.45) is 0 Å². The van der Waals surface area contributed by atoms with Crippen LogP contribution in [0.15, 0.2) is 36.7 Å². The van der Waals surface area contributed by atoms with Gasteiger partial charge >= 0.3 is 6.18 Å². The van der Waals surface area contributed by atoms with Crippen molar-refractivity contribution in [3.8, 4) is 0 Å². The number of aromatic amines is 1. The number of nitrogens with zero attached hydrogens (tertiary/aromatic N) is 4. The number of rotatable bonds is 9. The first kappa shape index (κ1) is 23.0. The second kappa shape index (κ2) is 10.1. The van der Waals surface area contributed by atoms with Gasteiger partial charge in [0.05, 0.1) is 29.6 Å². The lowest BCUT2D eigenvalue weighted by Gasteiger charge is -2.14. The molecule has 0 saturated heterocycles. The van der Waals surface area contributed by atoms with Gasteiger partial charge in [-0.05, 0) is 43.5 Å². The summed E-state index contributed by atoms with van der Waals surface area (Å²) in [5.74, 6) is -0.484. The van der Waals surface area contributed by atoms with E-state index in [4.69, 9.17) is 0 Å². The lowest BCUT2D eigenvalue weighted by molar-refractivity contribution is -0.137. The first-order valence-corrected chi connectivity index (χ1v) is 9.86. The quantitative estimate of drug-likeness (QED) is 0.434. The van der Waals surface area contributed by atoms with Gasteiger partial charge < -0.3 is 10.6 Å². The smallest absolute Gasteiger partial charge is 0.354 e. The molecule has 3 heterocycles. The number of carbonyl (C=O) groups excluding carboxylic acids is 2. The molecule has 0 aliphatic rings. The maximum Gasteiger partial charge on any atom is 0.416 e. The second-order valence-electron chi connectivity index (χ2n) is 7.05. The molecule has 32 heavy (non-hydrogen) atoms. The molecule has 0 spiro atoms. The zero-order valence-corrected chi connectivity index (χ0v) is 17.2. The van der Waals surface area contributed by atoms with Crippen molar-refractivity contribution in [1.82, 2.24) is 30.3 Å². The summed E-state index contributed by atoms with van der Waals surface area (Å²) in [6.07, 6.45) is 0.369. The zero-order valence-electron chi connectivity index (χ0n) is 17.2. The van der Waals surface area contributed by atoms with Crippen LogP contribution in [0.3, 0.4) is 0 Å². The molecule has 3 aromatic heterocycles. The standard InChI is InChI=1S/C20H22F3N7O2/c1-24-19(32)16-12-30(29-16)9-3-2-4-14-5-6-17(28-27-14)26-18(31)11-15-10-13(7-8-25-15)20(21,22)23/h5-8,10,12,29H,2-4,9,11H2,1H3,(H,24,32)(H,26,28,31). The topological polar surface area (TPSA) is 118 Å². The predicted octanol–water partition coefficient (Wildman–Crippen LogP) is 2.58. The fourth-order valence-corrected chi connectivity index (χ4v) is 2.92. The molecular formula is C20H22F3N7O2. The third-order valence-electron chi connectivity index (χ3n) is 4.58. The number of amides is 2. The molecule has 3 rings (SSSR count). The number of pyridine rings is 1. The van der Waals surface area contributed by atoms with E-state index in [9.17, 15) is 22.8 Å². The highest BCUT2D eigenvalue weighted by molar-refractivity contribution is 5.92. The van der Waals surface area contributed by atoms with Crippen molar-refractivity contribution in [2.75, 3.05) is 12.4 Å². The third kappa shape index (κ3) is 6.40. The van der Waals surface area contributed by atoms with Crippen LogP contribution in [-0.2, 0) is 30.4 Å². The van der Waals surface area contributed by atoms with E-state index >= 15 is 0 Å². The maximum atomic E-state index is 12.8. The van der Waals surface area contributed by atoms with Gasteiger partial charge in [0.15, 0.2) is 5.82 Å². The van der Waals surface area contributed by atoms with E-state index in [2.05, 4.69) is 30.9 Å². The van der Waals surface area contributed by atoms with Crippen LogP contribution in [0.2, 0.25) is 0 Å². The van der Waals surface area contributed by atoms with Gasteiger partial charge in [-0.3, -0.25) is 24.4 Å². The highest BCUT2D eigenvalue weighted by Gasteiger charge is 2.30. The van der Waals surface area contributed by atoms with Gasteiger partial charge in [0, 0.05) is 19.8 Å². The molecule has 3 N–H and O–H groups in total. The molecule has 3 aromatic rings. The Kier molecular flexibility index (Phi) is 7.23. The minimum absolute atomic E-state index is 0.0101. The van der Waals surface area contributed by atoms with Crippen LogP contribution < -0.4 is 10.6 Å². The van der Waals surface area contributed by atoms with Gasteiger partial charge in [-0.1, -0.05) is 0 Å². The molecule has 9 nitrogen and oxygen atoms in total. The van der Waals surface area contributed by atoms with Crippen molar-refractivity contribution in [3.05, 3.63) is 59.3 Å². The molecule has 12 heteroatoms. The van der Waals surface area contributed by atoms with Gasteiger partial charge in [0.1, 0.15) is 5.69 Å². The highest BCUT2D eigenvalue weighted by Crippen LogP contribution is 2.29. The van der Waals surface area contributed by atoms with Crippen LogP contribution in [0.4, 0.5) is 19.0 Å². The maximum absolute atomic E-state index is 12.8. The van der Waals surface area contributed by atoms with E-state index in [1.165, 1.54) is 0 Å². The second-order valence-corrected chi connectivity index (χ2v) is 7.05. The van der Waals surface area contributed by atoms with Crippen molar-refractivity contribution in [1.29, 1.82) is 0 Å². The molecule has 0 radical (unpaired) electrons. The summed E-state index contributed by atoms with van der Waals surface area (Å²) in [7, 11) is 1.57. The Balaban J connectivity index is 1.41. The fourth-order valence-electron chi connectivity index (χ4n) is 2.92. The summed E-state index contributed by atoms with van der Waals surface area (Å²) in [5.41, 5.74) is 0.434. The van der Waals surface area contributed by atoms with Crippen LogP contribution in [0.25, 0.3) is 0 Å².